The highest BCUT2D eigenvalue weighted by Crippen LogP contribution is 2.41. The molecule has 3 nitrogen and oxygen atoms in total. The largest absolute Gasteiger partial charge is 0.489 e. The second kappa shape index (κ2) is 8.24. The molecule has 1 saturated carbocycles. The lowest BCUT2D eigenvalue weighted by Crippen LogP contribution is -2.35. The van der Waals surface area contributed by atoms with E-state index in [2.05, 4.69) is 53.7 Å². The lowest BCUT2D eigenvalue weighted by molar-refractivity contribution is 0.215. The maximum atomic E-state index is 5.89. The topological polar surface area (TPSA) is 24.5 Å². The fraction of sp³-hybridized carbons (Fsp3) is 0.478. The summed E-state index contributed by atoms with van der Waals surface area (Å²) in [5, 5.41) is 3.80. The summed E-state index contributed by atoms with van der Waals surface area (Å²) in [5.74, 6) is 2.50. The summed E-state index contributed by atoms with van der Waals surface area (Å²) >= 11 is 0. The Morgan fingerprint density at radius 3 is 2.46 bits per heavy atom. The number of rotatable bonds is 7. The van der Waals surface area contributed by atoms with Gasteiger partial charge in [0.25, 0.3) is 0 Å². The molecule has 0 aromatic heterocycles. The molecule has 2 atom stereocenters. The number of hydrogen-bond donors (Lipinski definition) is 1. The Morgan fingerprint density at radius 2 is 1.73 bits per heavy atom. The molecule has 1 aliphatic heterocycles. The van der Waals surface area contributed by atoms with E-state index in [9.17, 15) is 0 Å². The van der Waals surface area contributed by atoms with Crippen LogP contribution in [0.2, 0.25) is 0 Å². The van der Waals surface area contributed by atoms with Crippen LogP contribution >= 0.6 is 0 Å². The number of nitrogens with one attached hydrogen (secondary N) is 1. The van der Waals surface area contributed by atoms with Crippen LogP contribution in [-0.4, -0.2) is 37.6 Å². The molecule has 2 fully saturated rings. The van der Waals surface area contributed by atoms with Crippen molar-refractivity contribution < 1.29 is 4.74 Å². The number of benzene rings is 2. The molecule has 1 aliphatic carbocycles. The van der Waals surface area contributed by atoms with Gasteiger partial charge in [0.2, 0.25) is 0 Å². The van der Waals surface area contributed by atoms with Gasteiger partial charge in [-0.3, -0.25) is 0 Å². The molecule has 3 heteroatoms. The van der Waals surface area contributed by atoms with E-state index in [-0.39, 0.29) is 0 Å². The standard InChI is InChI=1S/C23H30N2O/c1-25-13-11-18(12-14-25)16-24-23-15-22(23)20-7-9-21(10-8-20)26-17-19-5-3-2-4-6-19/h2-10,18,22-24H,11-17H2,1H3/t22?,23-/m0/s1. The maximum Gasteiger partial charge on any atom is 0.119 e. The van der Waals surface area contributed by atoms with E-state index in [0.29, 0.717) is 18.6 Å². The Hall–Kier alpha value is -1.84. The zero-order chi connectivity index (χ0) is 17.8. The van der Waals surface area contributed by atoms with E-state index in [1.54, 1.807) is 0 Å². The molecule has 2 aromatic rings. The molecule has 0 amide bonds. The molecular formula is C23H30N2O. The number of nitrogens with zero attached hydrogens (tertiary/aromatic N) is 1. The summed E-state index contributed by atoms with van der Waals surface area (Å²) in [7, 11) is 2.23. The Bertz CT molecular complexity index is 677. The van der Waals surface area contributed by atoms with E-state index in [4.69, 9.17) is 4.74 Å². The molecule has 138 valence electrons. The summed E-state index contributed by atoms with van der Waals surface area (Å²) in [4.78, 5) is 2.44. The summed E-state index contributed by atoms with van der Waals surface area (Å²) in [5.41, 5.74) is 2.65. The Labute approximate surface area is 157 Å². The van der Waals surface area contributed by atoms with Gasteiger partial charge in [-0.1, -0.05) is 42.5 Å². The van der Waals surface area contributed by atoms with Crippen molar-refractivity contribution >= 4 is 0 Å². The predicted octanol–water partition coefficient (Wildman–Crippen LogP) is 4.05. The van der Waals surface area contributed by atoms with Crippen LogP contribution in [-0.2, 0) is 6.61 Å². The van der Waals surface area contributed by atoms with E-state index in [1.807, 2.05) is 18.2 Å². The van der Waals surface area contributed by atoms with Crippen molar-refractivity contribution in [3.8, 4) is 5.75 Å². The summed E-state index contributed by atoms with van der Waals surface area (Å²) in [6, 6.07) is 19.7. The number of piperidine rings is 1. The lowest BCUT2D eigenvalue weighted by Gasteiger charge is -2.29. The minimum atomic E-state index is 0.629. The molecule has 1 heterocycles. The Balaban J connectivity index is 1.21. The van der Waals surface area contributed by atoms with E-state index >= 15 is 0 Å². The molecule has 0 bridgehead atoms. The zero-order valence-corrected chi connectivity index (χ0v) is 15.7. The molecule has 26 heavy (non-hydrogen) atoms. The minimum Gasteiger partial charge on any atom is -0.489 e. The fourth-order valence-corrected chi connectivity index (χ4v) is 3.93. The molecule has 1 unspecified atom stereocenters. The zero-order valence-electron chi connectivity index (χ0n) is 15.7. The lowest BCUT2D eigenvalue weighted by atomic mass is 9.97. The average Bonchev–Trinajstić information content (AvgIpc) is 3.47. The first kappa shape index (κ1) is 17.6. The molecular weight excluding hydrogens is 320 g/mol. The fourth-order valence-electron chi connectivity index (χ4n) is 3.93. The van der Waals surface area contributed by atoms with Crippen molar-refractivity contribution in [2.24, 2.45) is 5.92 Å². The van der Waals surface area contributed by atoms with Gasteiger partial charge < -0.3 is 15.0 Å². The third-order valence-corrected chi connectivity index (χ3v) is 5.85. The SMILES string of the molecule is CN1CCC(CN[C@H]2CC2c2ccc(OCc3ccccc3)cc2)CC1. The third-order valence-electron chi connectivity index (χ3n) is 5.85. The number of ether oxygens (including phenoxy) is 1. The van der Waals surface area contributed by atoms with Gasteiger partial charge in [-0.05, 0) is 75.1 Å². The highest BCUT2D eigenvalue weighted by atomic mass is 16.5. The summed E-state index contributed by atoms with van der Waals surface area (Å²) in [6.45, 7) is 4.33. The summed E-state index contributed by atoms with van der Waals surface area (Å²) < 4.78 is 5.89. The predicted molar refractivity (Wildman–Crippen MR) is 107 cm³/mol. The molecule has 0 radical (unpaired) electrons. The van der Waals surface area contributed by atoms with Gasteiger partial charge in [0.15, 0.2) is 0 Å². The van der Waals surface area contributed by atoms with Crippen molar-refractivity contribution in [1.29, 1.82) is 0 Å². The number of hydrogen-bond acceptors (Lipinski definition) is 3. The van der Waals surface area contributed by atoms with Crippen molar-refractivity contribution in [2.45, 2.75) is 37.8 Å². The van der Waals surface area contributed by atoms with Gasteiger partial charge in [-0.15, -0.1) is 0 Å². The Kier molecular flexibility index (Phi) is 5.57. The van der Waals surface area contributed by atoms with Crippen LogP contribution in [0.15, 0.2) is 54.6 Å². The van der Waals surface area contributed by atoms with Gasteiger partial charge >= 0.3 is 0 Å². The van der Waals surface area contributed by atoms with E-state index in [1.165, 1.54) is 50.0 Å². The summed E-state index contributed by atoms with van der Waals surface area (Å²) in [6.07, 6.45) is 3.96. The first-order valence-electron chi connectivity index (χ1n) is 9.96. The van der Waals surface area contributed by atoms with Crippen molar-refractivity contribution in [1.82, 2.24) is 10.2 Å². The molecule has 0 spiro atoms. The van der Waals surface area contributed by atoms with Crippen LogP contribution < -0.4 is 10.1 Å². The number of likely N-dealkylation sites (tertiary alicyclic amines) is 1. The first-order valence-corrected chi connectivity index (χ1v) is 9.96. The van der Waals surface area contributed by atoms with Crippen LogP contribution in [0.25, 0.3) is 0 Å². The molecule has 2 aliphatic rings. The first-order chi connectivity index (χ1) is 12.8. The highest BCUT2D eigenvalue weighted by Gasteiger charge is 2.38. The molecule has 1 N–H and O–H groups in total. The van der Waals surface area contributed by atoms with Gasteiger partial charge in [-0.2, -0.15) is 0 Å². The second-order valence-electron chi connectivity index (χ2n) is 7.95. The van der Waals surface area contributed by atoms with Gasteiger partial charge in [0.05, 0.1) is 0 Å². The van der Waals surface area contributed by atoms with Crippen molar-refractivity contribution in [3.63, 3.8) is 0 Å². The van der Waals surface area contributed by atoms with Gasteiger partial charge in [0, 0.05) is 12.0 Å². The molecule has 1 saturated heterocycles. The smallest absolute Gasteiger partial charge is 0.119 e. The molecule has 2 aromatic carbocycles. The van der Waals surface area contributed by atoms with E-state index < -0.39 is 0 Å². The van der Waals surface area contributed by atoms with Crippen LogP contribution in [0.3, 0.4) is 0 Å². The Morgan fingerprint density at radius 1 is 1.00 bits per heavy atom. The monoisotopic (exact) mass is 350 g/mol. The van der Waals surface area contributed by atoms with Crippen molar-refractivity contribution in [2.75, 3.05) is 26.7 Å². The quantitative estimate of drug-likeness (QED) is 0.815. The van der Waals surface area contributed by atoms with Crippen LogP contribution in [0.4, 0.5) is 0 Å². The van der Waals surface area contributed by atoms with Crippen LogP contribution in [0.1, 0.15) is 36.3 Å². The van der Waals surface area contributed by atoms with Gasteiger partial charge in [0.1, 0.15) is 12.4 Å². The van der Waals surface area contributed by atoms with E-state index in [0.717, 1.165) is 11.7 Å². The normalized spacial score (nSPS) is 23.7. The van der Waals surface area contributed by atoms with Gasteiger partial charge in [-0.25, -0.2) is 0 Å². The second-order valence-corrected chi connectivity index (χ2v) is 7.95. The average molecular weight is 351 g/mol. The van der Waals surface area contributed by atoms with Crippen LogP contribution in [0.5, 0.6) is 5.75 Å². The maximum absolute atomic E-state index is 5.89. The van der Waals surface area contributed by atoms with Crippen molar-refractivity contribution in [3.05, 3.63) is 65.7 Å². The third kappa shape index (κ3) is 4.66. The van der Waals surface area contributed by atoms with Crippen LogP contribution in [0, 0.1) is 5.92 Å². The minimum absolute atomic E-state index is 0.629. The molecule has 4 rings (SSSR count). The highest BCUT2D eigenvalue weighted by molar-refractivity contribution is 5.34.